The normalized spacial score (nSPS) is 12.0. The zero-order valence-electron chi connectivity index (χ0n) is 26.7. The summed E-state index contributed by atoms with van der Waals surface area (Å²) in [6.07, 6.45) is 0.275. The van der Waals surface area contributed by atoms with Crippen molar-refractivity contribution in [2.24, 2.45) is 5.92 Å². The van der Waals surface area contributed by atoms with Crippen LogP contribution in [0.3, 0.4) is 0 Å². The van der Waals surface area contributed by atoms with Crippen molar-refractivity contribution in [3.8, 4) is 0 Å². The Kier molecular flexibility index (Phi) is 11.2. The van der Waals surface area contributed by atoms with Crippen LogP contribution in [0.2, 0.25) is 0 Å². The van der Waals surface area contributed by atoms with Crippen LogP contribution < -0.4 is 9.62 Å². The van der Waals surface area contributed by atoms with Gasteiger partial charge in [0.05, 0.1) is 10.6 Å². The molecule has 1 atom stereocenters. The van der Waals surface area contributed by atoms with Gasteiger partial charge in [0.1, 0.15) is 12.6 Å². The molecule has 4 aromatic carbocycles. The smallest absolute Gasteiger partial charge is 0.264 e. The molecule has 0 spiro atoms. The van der Waals surface area contributed by atoms with Gasteiger partial charge in [0.15, 0.2) is 0 Å². The fraction of sp³-hybridized carbons (Fsp3) is 0.297. The van der Waals surface area contributed by atoms with Gasteiger partial charge in [0, 0.05) is 19.5 Å². The van der Waals surface area contributed by atoms with Crippen LogP contribution >= 0.6 is 0 Å². The molecule has 8 heteroatoms. The van der Waals surface area contributed by atoms with Crippen molar-refractivity contribution in [3.05, 3.63) is 131 Å². The summed E-state index contributed by atoms with van der Waals surface area (Å²) in [4.78, 5) is 30.1. The SMILES string of the molecule is Cc1ccc(CN(C(=O)CN(c2cccc(C)c2C)S(=O)(=O)c2ccccc2)C(Cc2ccccc2)C(=O)NCC(C)C)cc1. The maximum Gasteiger partial charge on any atom is 0.264 e. The second kappa shape index (κ2) is 15.0. The van der Waals surface area contributed by atoms with E-state index >= 15 is 0 Å². The number of sulfonamides is 1. The molecular weight excluding hydrogens is 582 g/mol. The summed E-state index contributed by atoms with van der Waals surface area (Å²) in [7, 11) is -4.14. The zero-order valence-corrected chi connectivity index (χ0v) is 27.6. The molecule has 4 rings (SSSR count). The van der Waals surface area contributed by atoms with Crippen molar-refractivity contribution < 1.29 is 18.0 Å². The van der Waals surface area contributed by atoms with E-state index in [1.165, 1.54) is 21.3 Å². The average molecular weight is 626 g/mol. The summed E-state index contributed by atoms with van der Waals surface area (Å²) in [5, 5.41) is 3.03. The Bertz CT molecular complexity index is 1690. The largest absolute Gasteiger partial charge is 0.354 e. The number of amides is 2. The molecule has 4 aromatic rings. The third-order valence-corrected chi connectivity index (χ3v) is 9.66. The van der Waals surface area contributed by atoms with Crippen LogP contribution in [0.25, 0.3) is 0 Å². The molecule has 0 aliphatic rings. The molecule has 0 bridgehead atoms. The fourth-order valence-electron chi connectivity index (χ4n) is 5.11. The molecule has 0 fully saturated rings. The molecule has 0 heterocycles. The van der Waals surface area contributed by atoms with E-state index in [0.29, 0.717) is 12.2 Å². The third-order valence-electron chi connectivity index (χ3n) is 7.88. The second-order valence-electron chi connectivity index (χ2n) is 11.9. The highest BCUT2D eigenvalue weighted by atomic mass is 32.2. The minimum absolute atomic E-state index is 0.0827. The molecule has 0 saturated heterocycles. The maximum absolute atomic E-state index is 14.6. The molecule has 0 aliphatic carbocycles. The Morgan fingerprint density at radius 2 is 1.38 bits per heavy atom. The van der Waals surface area contributed by atoms with E-state index in [2.05, 4.69) is 5.32 Å². The fourth-order valence-corrected chi connectivity index (χ4v) is 6.60. The number of carbonyl (C=O) groups excluding carboxylic acids is 2. The van der Waals surface area contributed by atoms with E-state index in [1.54, 1.807) is 30.3 Å². The Balaban J connectivity index is 1.82. The number of nitrogens with one attached hydrogen (secondary N) is 1. The topological polar surface area (TPSA) is 86.8 Å². The van der Waals surface area contributed by atoms with Crippen LogP contribution in [0.1, 0.15) is 41.7 Å². The zero-order chi connectivity index (χ0) is 32.6. The first kappa shape index (κ1) is 33.5. The highest BCUT2D eigenvalue weighted by molar-refractivity contribution is 7.92. The van der Waals surface area contributed by atoms with Gasteiger partial charge in [-0.1, -0.05) is 104 Å². The van der Waals surface area contributed by atoms with Crippen molar-refractivity contribution >= 4 is 27.5 Å². The number of rotatable bonds is 13. The number of benzene rings is 4. The van der Waals surface area contributed by atoms with E-state index in [9.17, 15) is 18.0 Å². The summed E-state index contributed by atoms with van der Waals surface area (Å²) in [5.41, 5.74) is 4.89. The minimum atomic E-state index is -4.14. The van der Waals surface area contributed by atoms with Gasteiger partial charge in [-0.3, -0.25) is 13.9 Å². The third kappa shape index (κ3) is 8.60. The molecular formula is C37H43N3O4S. The lowest BCUT2D eigenvalue weighted by atomic mass is 10.0. The predicted octanol–water partition coefficient (Wildman–Crippen LogP) is 6.22. The summed E-state index contributed by atoms with van der Waals surface area (Å²) in [6.45, 7) is 9.88. The highest BCUT2D eigenvalue weighted by Crippen LogP contribution is 2.29. The Morgan fingerprint density at radius 3 is 2.00 bits per heavy atom. The lowest BCUT2D eigenvalue weighted by Crippen LogP contribution is -2.53. The summed E-state index contributed by atoms with van der Waals surface area (Å²) >= 11 is 0. The van der Waals surface area contributed by atoms with E-state index in [1.807, 2.05) is 95.3 Å². The lowest BCUT2D eigenvalue weighted by molar-refractivity contribution is -0.140. The molecule has 1 N–H and O–H groups in total. The van der Waals surface area contributed by atoms with Gasteiger partial charge in [0.2, 0.25) is 11.8 Å². The molecule has 0 radical (unpaired) electrons. The van der Waals surface area contributed by atoms with Crippen LogP contribution in [-0.4, -0.2) is 44.3 Å². The first-order valence-electron chi connectivity index (χ1n) is 15.3. The molecule has 2 amide bonds. The summed E-state index contributed by atoms with van der Waals surface area (Å²) in [5.74, 6) is -0.544. The Hall–Kier alpha value is -4.43. The standard InChI is InChI=1S/C37H43N3O4S/c1-27(2)24-38-37(42)35(23-31-14-8-6-9-15-31)39(25-32-21-19-28(3)20-22-32)36(41)26-40(34-18-12-13-29(4)30(34)5)45(43,44)33-16-10-7-11-17-33/h6-22,27,35H,23-26H2,1-5H3,(H,38,42). The number of hydrogen-bond donors (Lipinski definition) is 1. The van der Waals surface area contributed by atoms with Gasteiger partial charge >= 0.3 is 0 Å². The molecule has 0 aromatic heterocycles. The van der Waals surface area contributed by atoms with Crippen LogP contribution in [0.5, 0.6) is 0 Å². The Morgan fingerprint density at radius 1 is 0.756 bits per heavy atom. The first-order chi connectivity index (χ1) is 21.5. The van der Waals surface area contributed by atoms with Crippen LogP contribution in [0.4, 0.5) is 5.69 Å². The predicted molar refractivity (Wildman–Crippen MR) is 180 cm³/mol. The number of nitrogens with zero attached hydrogens (tertiary/aromatic N) is 2. The molecule has 0 saturated carbocycles. The summed E-state index contributed by atoms with van der Waals surface area (Å²) in [6, 6.07) is 30.0. The quantitative estimate of drug-likeness (QED) is 0.191. The van der Waals surface area contributed by atoms with E-state index in [-0.39, 0.29) is 29.7 Å². The van der Waals surface area contributed by atoms with Gasteiger partial charge in [-0.15, -0.1) is 0 Å². The van der Waals surface area contributed by atoms with Gasteiger partial charge in [-0.2, -0.15) is 0 Å². The van der Waals surface area contributed by atoms with Gasteiger partial charge in [-0.25, -0.2) is 8.42 Å². The van der Waals surface area contributed by atoms with Crippen LogP contribution in [-0.2, 0) is 32.6 Å². The number of hydrogen-bond acceptors (Lipinski definition) is 4. The van der Waals surface area contributed by atoms with Crippen molar-refractivity contribution in [1.29, 1.82) is 0 Å². The van der Waals surface area contributed by atoms with Crippen molar-refractivity contribution in [2.45, 2.75) is 58.5 Å². The molecule has 1 unspecified atom stereocenters. The summed E-state index contributed by atoms with van der Waals surface area (Å²) < 4.78 is 29.6. The first-order valence-corrected chi connectivity index (χ1v) is 16.7. The molecule has 236 valence electrons. The molecule has 0 aliphatic heterocycles. The number of aryl methyl sites for hydroxylation is 2. The van der Waals surface area contributed by atoms with Gasteiger partial charge < -0.3 is 10.2 Å². The Labute approximate surface area is 268 Å². The van der Waals surface area contributed by atoms with Crippen molar-refractivity contribution in [2.75, 3.05) is 17.4 Å². The van der Waals surface area contributed by atoms with Crippen molar-refractivity contribution in [3.63, 3.8) is 0 Å². The van der Waals surface area contributed by atoms with Gasteiger partial charge in [0.25, 0.3) is 10.0 Å². The van der Waals surface area contributed by atoms with E-state index < -0.39 is 28.5 Å². The highest BCUT2D eigenvalue weighted by Gasteiger charge is 2.35. The number of carbonyl (C=O) groups is 2. The van der Waals surface area contributed by atoms with Crippen LogP contribution in [0, 0.1) is 26.7 Å². The minimum Gasteiger partial charge on any atom is -0.354 e. The number of anilines is 1. The van der Waals surface area contributed by atoms with E-state index in [4.69, 9.17) is 0 Å². The second-order valence-corrected chi connectivity index (χ2v) is 13.8. The monoisotopic (exact) mass is 625 g/mol. The lowest BCUT2D eigenvalue weighted by Gasteiger charge is -2.34. The average Bonchev–Trinajstić information content (AvgIpc) is 3.03. The maximum atomic E-state index is 14.6. The van der Waals surface area contributed by atoms with E-state index in [0.717, 1.165) is 27.8 Å². The van der Waals surface area contributed by atoms with Gasteiger partial charge in [-0.05, 0) is 67.1 Å². The molecule has 45 heavy (non-hydrogen) atoms. The van der Waals surface area contributed by atoms with Crippen LogP contribution in [0.15, 0.2) is 108 Å². The molecule has 7 nitrogen and oxygen atoms in total. The van der Waals surface area contributed by atoms with Crippen molar-refractivity contribution in [1.82, 2.24) is 10.2 Å².